The molecule has 1 unspecified atom stereocenters. The summed E-state index contributed by atoms with van der Waals surface area (Å²) in [6.07, 6.45) is 0.0430. The number of hydrogen-bond donors (Lipinski definition) is 5. The lowest BCUT2D eigenvalue weighted by Gasteiger charge is -2.20. The maximum atomic E-state index is 13.0. The van der Waals surface area contributed by atoms with E-state index in [-0.39, 0.29) is 18.2 Å². The van der Waals surface area contributed by atoms with E-state index < -0.39 is 12.0 Å². The van der Waals surface area contributed by atoms with Crippen LogP contribution < -0.4 is 25.8 Å². The Labute approximate surface area is 232 Å². The Morgan fingerprint density at radius 2 is 1.60 bits per heavy atom. The van der Waals surface area contributed by atoms with Gasteiger partial charge < -0.3 is 30.9 Å². The quantitative estimate of drug-likeness (QED) is 0.126. The standard InChI is InChI=1S/C31H30N4O5/c1-39-27-17-21(11-16-26(27)40-19-20-7-3-2-4-8-20)18-28(36)35-25-10-6-5-9-24(25)29(31(37)38)34-23-14-12-22(13-15-23)30(32)33/h2-17,29,34H,18-19H2,1H3,(H3,32,33)(H,35,36)(H,37,38). The van der Waals surface area contributed by atoms with Crippen LogP contribution in [0.25, 0.3) is 0 Å². The van der Waals surface area contributed by atoms with Gasteiger partial charge in [-0.1, -0.05) is 54.6 Å². The summed E-state index contributed by atoms with van der Waals surface area (Å²) >= 11 is 0. The first-order valence-electron chi connectivity index (χ1n) is 12.5. The van der Waals surface area contributed by atoms with Crippen molar-refractivity contribution in [2.75, 3.05) is 17.7 Å². The predicted octanol–water partition coefficient (Wildman–Crippen LogP) is 4.98. The number of amides is 1. The third-order valence-corrected chi connectivity index (χ3v) is 6.13. The van der Waals surface area contributed by atoms with Crippen molar-refractivity contribution in [1.82, 2.24) is 0 Å². The van der Waals surface area contributed by atoms with Crippen LogP contribution in [0.15, 0.2) is 97.1 Å². The number of methoxy groups -OCH3 is 1. The molecule has 0 fully saturated rings. The largest absolute Gasteiger partial charge is 0.493 e. The Morgan fingerprint density at radius 1 is 0.900 bits per heavy atom. The van der Waals surface area contributed by atoms with Gasteiger partial charge in [-0.3, -0.25) is 10.2 Å². The first-order valence-corrected chi connectivity index (χ1v) is 12.5. The fraction of sp³-hybridized carbons (Fsp3) is 0.129. The minimum atomic E-state index is -1.14. The van der Waals surface area contributed by atoms with Gasteiger partial charge in [-0.05, 0) is 53.6 Å². The van der Waals surface area contributed by atoms with Gasteiger partial charge in [0.1, 0.15) is 12.4 Å². The summed E-state index contributed by atoms with van der Waals surface area (Å²) < 4.78 is 11.4. The monoisotopic (exact) mass is 538 g/mol. The van der Waals surface area contributed by atoms with E-state index in [4.69, 9.17) is 20.6 Å². The van der Waals surface area contributed by atoms with Crippen LogP contribution in [0.3, 0.4) is 0 Å². The van der Waals surface area contributed by atoms with Crippen LogP contribution in [-0.2, 0) is 22.6 Å². The van der Waals surface area contributed by atoms with Gasteiger partial charge in [-0.2, -0.15) is 0 Å². The highest BCUT2D eigenvalue weighted by Crippen LogP contribution is 2.30. The lowest BCUT2D eigenvalue weighted by Crippen LogP contribution is -2.23. The summed E-state index contributed by atoms with van der Waals surface area (Å²) in [5, 5.41) is 23.3. The maximum absolute atomic E-state index is 13.0. The van der Waals surface area contributed by atoms with Crippen LogP contribution in [0.1, 0.15) is 28.3 Å². The normalized spacial score (nSPS) is 11.2. The van der Waals surface area contributed by atoms with E-state index in [0.29, 0.717) is 46.2 Å². The zero-order valence-corrected chi connectivity index (χ0v) is 21.9. The van der Waals surface area contributed by atoms with E-state index in [9.17, 15) is 14.7 Å². The Kier molecular flexibility index (Phi) is 8.99. The maximum Gasteiger partial charge on any atom is 0.330 e. The molecule has 0 heterocycles. The number of carboxylic acid groups (broad SMARTS) is 1. The zero-order valence-electron chi connectivity index (χ0n) is 21.9. The van der Waals surface area contributed by atoms with E-state index >= 15 is 0 Å². The summed E-state index contributed by atoms with van der Waals surface area (Å²) in [6.45, 7) is 0.382. The molecule has 0 aliphatic rings. The molecule has 0 saturated carbocycles. The number of benzene rings is 4. The molecule has 0 aromatic heterocycles. The summed E-state index contributed by atoms with van der Waals surface area (Å²) in [5.74, 6) is -0.447. The minimum Gasteiger partial charge on any atom is -0.493 e. The van der Waals surface area contributed by atoms with Crippen molar-refractivity contribution in [1.29, 1.82) is 5.41 Å². The van der Waals surface area contributed by atoms with E-state index in [1.165, 1.54) is 7.11 Å². The van der Waals surface area contributed by atoms with Gasteiger partial charge in [0, 0.05) is 22.5 Å². The molecule has 4 aromatic carbocycles. The van der Waals surface area contributed by atoms with Crippen molar-refractivity contribution in [2.45, 2.75) is 19.1 Å². The summed E-state index contributed by atoms with van der Waals surface area (Å²) in [7, 11) is 1.54. The van der Waals surface area contributed by atoms with Crippen molar-refractivity contribution in [2.24, 2.45) is 5.73 Å². The average molecular weight is 539 g/mol. The highest BCUT2D eigenvalue weighted by atomic mass is 16.5. The molecule has 9 nitrogen and oxygen atoms in total. The lowest BCUT2D eigenvalue weighted by atomic mass is 10.0. The second-order valence-corrected chi connectivity index (χ2v) is 8.98. The molecule has 4 rings (SSSR count). The number of carbonyl (C=O) groups excluding carboxylic acids is 1. The Balaban J connectivity index is 1.45. The summed E-state index contributed by atoms with van der Waals surface area (Å²) in [5.41, 5.74) is 9.05. The van der Waals surface area contributed by atoms with Crippen molar-refractivity contribution in [3.63, 3.8) is 0 Å². The third-order valence-electron chi connectivity index (χ3n) is 6.13. The SMILES string of the molecule is COc1cc(CC(=O)Nc2ccccc2C(Nc2ccc(C(=N)N)cc2)C(=O)O)ccc1OCc1ccccc1. The van der Waals surface area contributed by atoms with Gasteiger partial charge in [0.05, 0.1) is 13.5 Å². The number of nitrogen functional groups attached to an aromatic ring is 1. The molecule has 0 bridgehead atoms. The van der Waals surface area contributed by atoms with Crippen LogP contribution >= 0.6 is 0 Å². The molecule has 0 spiro atoms. The highest BCUT2D eigenvalue weighted by Gasteiger charge is 2.23. The number of aliphatic carboxylic acids is 1. The second kappa shape index (κ2) is 13.0. The van der Waals surface area contributed by atoms with E-state index in [1.54, 1.807) is 66.7 Å². The molecule has 0 aliphatic carbocycles. The summed E-state index contributed by atoms with van der Waals surface area (Å²) in [6, 6.07) is 27.2. The van der Waals surface area contributed by atoms with Crippen molar-refractivity contribution in [3.8, 4) is 11.5 Å². The first-order chi connectivity index (χ1) is 19.3. The number of carbonyl (C=O) groups is 2. The molecule has 1 atom stereocenters. The number of hydrogen-bond acceptors (Lipinski definition) is 6. The number of carboxylic acids is 1. The predicted molar refractivity (Wildman–Crippen MR) is 154 cm³/mol. The summed E-state index contributed by atoms with van der Waals surface area (Å²) in [4.78, 5) is 25.2. The average Bonchev–Trinajstić information content (AvgIpc) is 2.96. The Hall–Kier alpha value is -5.31. The van der Waals surface area contributed by atoms with E-state index in [2.05, 4.69) is 10.6 Å². The number of para-hydroxylation sites is 1. The van der Waals surface area contributed by atoms with Crippen molar-refractivity contribution < 1.29 is 24.2 Å². The van der Waals surface area contributed by atoms with Crippen LogP contribution in [0, 0.1) is 5.41 Å². The van der Waals surface area contributed by atoms with Crippen LogP contribution in [0.2, 0.25) is 0 Å². The molecular formula is C31H30N4O5. The van der Waals surface area contributed by atoms with Gasteiger partial charge >= 0.3 is 5.97 Å². The van der Waals surface area contributed by atoms with Crippen LogP contribution in [-0.4, -0.2) is 29.9 Å². The van der Waals surface area contributed by atoms with E-state index in [0.717, 1.165) is 5.56 Å². The molecule has 1 amide bonds. The van der Waals surface area contributed by atoms with E-state index in [1.807, 2.05) is 30.3 Å². The molecule has 6 N–H and O–H groups in total. The number of rotatable bonds is 12. The van der Waals surface area contributed by atoms with Crippen molar-refractivity contribution >= 4 is 29.1 Å². The van der Waals surface area contributed by atoms with Gasteiger partial charge in [-0.15, -0.1) is 0 Å². The Morgan fingerprint density at radius 3 is 2.27 bits per heavy atom. The van der Waals surface area contributed by atoms with Gasteiger partial charge in [0.15, 0.2) is 17.5 Å². The third kappa shape index (κ3) is 7.16. The molecule has 0 saturated heterocycles. The second-order valence-electron chi connectivity index (χ2n) is 8.98. The first kappa shape index (κ1) is 27.7. The zero-order chi connectivity index (χ0) is 28.5. The number of anilines is 2. The fourth-order valence-corrected chi connectivity index (χ4v) is 4.10. The number of nitrogens with two attached hydrogens (primary N) is 1. The topological polar surface area (TPSA) is 147 Å². The molecule has 4 aromatic rings. The molecule has 9 heteroatoms. The number of nitrogens with one attached hydrogen (secondary N) is 3. The van der Waals surface area contributed by atoms with Crippen molar-refractivity contribution in [3.05, 3.63) is 119 Å². The van der Waals surface area contributed by atoms with Crippen LogP contribution in [0.5, 0.6) is 11.5 Å². The van der Waals surface area contributed by atoms with Crippen LogP contribution in [0.4, 0.5) is 11.4 Å². The highest BCUT2D eigenvalue weighted by molar-refractivity contribution is 5.96. The van der Waals surface area contributed by atoms with Gasteiger partial charge in [0.2, 0.25) is 5.91 Å². The van der Waals surface area contributed by atoms with Gasteiger partial charge in [-0.25, -0.2) is 4.79 Å². The Bertz CT molecular complexity index is 1490. The number of ether oxygens (including phenoxy) is 2. The molecular weight excluding hydrogens is 508 g/mol. The van der Waals surface area contributed by atoms with Gasteiger partial charge in [0.25, 0.3) is 0 Å². The fourth-order valence-electron chi connectivity index (χ4n) is 4.10. The number of amidine groups is 1. The molecule has 0 aliphatic heterocycles. The lowest BCUT2D eigenvalue weighted by molar-refractivity contribution is -0.138. The molecule has 204 valence electrons. The molecule has 0 radical (unpaired) electrons. The smallest absolute Gasteiger partial charge is 0.330 e. The minimum absolute atomic E-state index is 0.0430. The molecule has 40 heavy (non-hydrogen) atoms.